The molecular formula is C35H51N3O9P+. The number of ether oxygens (including phenoxy) is 2. The van der Waals surface area contributed by atoms with Crippen molar-refractivity contribution in [3.8, 4) is 0 Å². The number of aromatic nitrogens is 2. The Morgan fingerprint density at radius 3 is 2.60 bits per heavy atom. The van der Waals surface area contributed by atoms with Gasteiger partial charge in [-0.25, -0.2) is 4.79 Å². The lowest BCUT2D eigenvalue weighted by Gasteiger charge is -2.32. The highest BCUT2D eigenvalue weighted by molar-refractivity contribution is 7.32. The average molecular weight is 689 g/mol. The molecule has 48 heavy (non-hydrogen) atoms. The van der Waals surface area contributed by atoms with E-state index in [9.17, 15) is 28.9 Å². The summed E-state index contributed by atoms with van der Waals surface area (Å²) in [6.07, 6.45) is 15.5. The van der Waals surface area contributed by atoms with Crippen LogP contribution in [-0.4, -0.2) is 63.5 Å². The number of nitrogens with zero attached hydrogens (tertiary/aromatic N) is 1. The Bertz CT molecular complexity index is 1540. The summed E-state index contributed by atoms with van der Waals surface area (Å²) < 4.78 is 29.3. The molecule has 2 heterocycles. The quantitative estimate of drug-likeness (QED) is 0.0757. The van der Waals surface area contributed by atoms with Gasteiger partial charge in [-0.05, 0) is 69.4 Å². The second kappa shape index (κ2) is 19.1. The summed E-state index contributed by atoms with van der Waals surface area (Å²) in [5, 5.41) is 12.6. The van der Waals surface area contributed by atoms with Crippen molar-refractivity contribution in [1.29, 1.82) is 0 Å². The molecule has 13 heteroatoms. The number of unbranched alkanes of at least 4 members (excludes halogenated alkanes) is 3. The zero-order valence-electron chi connectivity index (χ0n) is 28.6. The number of hydrogen-bond acceptors (Lipinski definition) is 8. The summed E-state index contributed by atoms with van der Waals surface area (Å²) in [5.41, 5.74) is 3.75. The number of H-pyrrole nitrogens is 1. The van der Waals surface area contributed by atoms with Crippen LogP contribution in [0.4, 0.5) is 0 Å². The normalized spacial score (nSPS) is 23.8. The number of aliphatic hydroxyl groups is 1. The van der Waals surface area contributed by atoms with E-state index in [-0.39, 0.29) is 17.9 Å². The number of amides is 1. The van der Waals surface area contributed by atoms with E-state index in [0.29, 0.717) is 13.0 Å². The van der Waals surface area contributed by atoms with Crippen LogP contribution in [0.5, 0.6) is 0 Å². The van der Waals surface area contributed by atoms with Gasteiger partial charge in [-0.3, -0.25) is 19.1 Å². The molecule has 4 N–H and O–H groups in total. The van der Waals surface area contributed by atoms with Gasteiger partial charge in [0.1, 0.15) is 12.2 Å². The summed E-state index contributed by atoms with van der Waals surface area (Å²) in [7, 11) is -3.04. The van der Waals surface area contributed by atoms with Gasteiger partial charge in [0.25, 0.3) is 5.56 Å². The van der Waals surface area contributed by atoms with Crippen LogP contribution in [0.15, 0.2) is 80.6 Å². The number of aromatic amines is 1. The fourth-order valence-corrected chi connectivity index (χ4v) is 6.53. The summed E-state index contributed by atoms with van der Waals surface area (Å²) in [6.45, 7) is 11.0. The minimum atomic E-state index is -3.04. The number of rotatable bonds is 17. The smallest absolute Gasteiger partial charge is 0.394 e. The standard InChI is InChI=1S/C35H50N3O9P/c1-24(15-16-27-26(3)14-11-18-35(27,4)5)12-10-13-25(2)22-30(41)36-19-8-6-7-9-21-45-32-31(47-48(43)44)28(23-39)46-33(32)38-20-17-29(40)37-34(38)42/h10,12-13,15-17,20,22,28,31-33,39H,6-9,11,14,18-19,21,23H2,1-5H3,(H2-,36,37,40,41,42,43,44)/p+1/b13-10+,16-15+,24-12+,25-22+/t28-,31+,32?,33-/m1/s1. The molecule has 12 nitrogen and oxygen atoms in total. The van der Waals surface area contributed by atoms with Crippen LogP contribution < -0.4 is 16.6 Å². The second-order valence-electron chi connectivity index (χ2n) is 13.0. The van der Waals surface area contributed by atoms with Crippen LogP contribution in [-0.2, 0) is 23.4 Å². The molecule has 2 aliphatic rings. The monoisotopic (exact) mass is 688 g/mol. The van der Waals surface area contributed by atoms with Gasteiger partial charge < -0.3 is 19.9 Å². The zero-order chi connectivity index (χ0) is 35.3. The number of nitrogens with one attached hydrogen (secondary N) is 2. The van der Waals surface area contributed by atoms with E-state index in [1.165, 1.54) is 36.6 Å². The molecule has 0 spiro atoms. The highest BCUT2D eigenvalue weighted by Crippen LogP contribution is 2.41. The van der Waals surface area contributed by atoms with Crippen molar-refractivity contribution in [3.05, 3.63) is 91.8 Å². The highest BCUT2D eigenvalue weighted by atomic mass is 31.1. The molecule has 0 bridgehead atoms. The maximum absolute atomic E-state index is 12.4. The Balaban J connectivity index is 1.40. The van der Waals surface area contributed by atoms with Crippen molar-refractivity contribution in [3.63, 3.8) is 0 Å². The minimum Gasteiger partial charge on any atom is -0.394 e. The third-order valence-corrected chi connectivity index (χ3v) is 9.04. The van der Waals surface area contributed by atoms with Crippen LogP contribution in [0, 0.1) is 5.41 Å². The first-order valence-electron chi connectivity index (χ1n) is 16.5. The zero-order valence-corrected chi connectivity index (χ0v) is 29.5. The van der Waals surface area contributed by atoms with Gasteiger partial charge in [-0.1, -0.05) is 68.2 Å². The van der Waals surface area contributed by atoms with Crippen LogP contribution in [0.25, 0.3) is 0 Å². The van der Waals surface area contributed by atoms with E-state index in [2.05, 4.69) is 50.1 Å². The molecule has 0 saturated carbocycles. The van der Waals surface area contributed by atoms with Crippen molar-refractivity contribution in [2.75, 3.05) is 19.8 Å². The molecule has 1 aliphatic heterocycles. The molecule has 1 amide bonds. The van der Waals surface area contributed by atoms with Gasteiger partial charge in [0.2, 0.25) is 5.91 Å². The molecule has 1 aromatic heterocycles. The van der Waals surface area contributed by atoms with Crippen LogP contribution in [0.2, 0.25) is 0 Å². The highest BCUT2D eigenvalue weighted by Gasteiger charge is 2.51. The lowest BCUT2D eigenvalue weighted by Crippen LogP contribution is -2.40. The Morgan fingerprint density at radius 2 is 1.92 bits per heavy atom. The fourth-order valence-electron chi connectivity index (χ4n) is 6.07. The van der Waals surface area contributed by atoms with Gasteiger partial charge >= 0.3 is 13.9 Å². The minimum absolute atomic E-state index is 0.153. The molecule has 1 aromatic rings. The van der Waals surface area contributed by atoms with E-state index < -0.39 is 50.7 Å². The molecule has 1 saturated heterocycles. The van der Waals surface area contributed by atoms with Gasteiger partial charge in [0.05, 0.1) is 6.61 Å². The molecule has 3 rings (SSSR count). The van der Waals surface area contributed by atoms with E-state index in [1.807, 2.05) is 25.2 Å². The maximum atomic E-state index is 12.4. The van der Waals surface area contributed by atoms with E-state index in [1.54, 1.807) is 6.08 Å². The number of allylic oxidation sites excluding steroid dienone is 9. The van der Waals surface area contributed by atoms with Crippen molar-refractivity contribution in [2.24, 2.45) is 5.41 Å². The summed E-state index contributed by atoms with van der Waals surface area (Å²) in [6, 6.07) is 1.14. The SMILES string of the molecule is CC1=C(/C=C/C(C)=C/C=C/C(C)=C/C(=O)NCCCCCCOC2[C@@H](O[P+](=O)O)[C@@H](CO)O[C@H]2n2ccc(=O)[nH]c2=O)C(C)(C)CCC1. The molecule has 2 unspecified atom stereocenters. The lowest BCUT2D eigenvalue weighted by atomic mass is 9.72. The van der Waals surface area contributed by atoms with Gasteiger partial charge in [0.15, 0.2) is 12.3 Å². The van der Waals surface area contributed by atoms with Gasteiger partial charge in [-0.15, -0.1) is 9.42 Å². The average Bonchev–Trinajstić information content (AvgIpc) is 3.33. The lowest BCUT2D eigenvalue weighted by molar-refractivity contribution is -0.116. The number of carbonyl (C=O) groups excluding carboxylic acids is 1. The number of aliphatic hydroxyl groups excluding tert-OH is 1. The summed E-state index contributed by atoms with van der Waals surface area (Å²) in [4.78, 5) is 47.7. The Labute approximate surface area is 283 Å². The molecule has 1 aliphatic carbocycles. The van der Waals surface area contributed by atoms with E-state index >= 15 is 0 Å². The Kier molecular flexibility index (Phi) is 15.6. The predicted octanol–water partition coefficient (Wildman–Crippen LogP) is 5.05. The predicted molar refractivity (Wildman–Crippen MR) is 184 cm³/mol. The Hall–Kier alpha value is -3.25. The topological polar surface area (TPSA) is 169 Å². The largest absolute Gasteiger partial charge is 0.695 e. The van der Waals surface area contributed by atoms with E-state index in [0.717, 1.165) is 41.0 Å². The third-order valence-electron chi connectivity index (χ3n) is 8.62. The van der Waals surface area contributed by atoms with Gasteiger partial charge in [0, 0.05) is 36.1 Å². The first-order valence-corrected chi connectivity index (χ1v) is 17.7. The first-order chi connectivity index (χ1) is 22.8. The summed E-state index contributed by atoms with van der Waals surface area (Å²) in [5.74, 6) is -0.153. The van der Waals surface area contributed by atoms with E-state index in [4.69, 9.17) is 14.0 Å². The van der Waals surface area contributed by atoms with Crippen molar-refractivity contribution in [2.45, 2.75) is 104 Å². The maximum Gasteiger partial charge on any atom is 0.695 e. The number of hydrogen-bond donors (Lipinski definition) is 4. The molecule has 0 radical (unpaired) electrons. The summed E-state index contributed by atoms with van der Waals surface area (Å²) >= 11 is 0. The second-order valence-corrected chi connectivity index (χ2v) is 13.7. The molecular weight excluding hydrogens is 637 g/mol. The molecule has 5 atom stereocenters. The Morgan fingerprint density at radius 1 is 1.17 bits per heavy atom. The van der Waals surface area contributed by atoms with Crippen LogP contribution in [0.1, 0.15) is 85.8 Å². The third kappa shape index (κ3) is 12.0. The van der Waals surface area contributed by atoms with Crippen molar-refractivity contribution >= 4 is 14.2 Å². The van der Waals surface area contributed by atoms with Crippen molar-refractivity contribution < 1.29 is 33.4 Å². The fraction of sp³-hybridized carbons (Fsp3) is 0.571. The van der Waals surface area contributed by atoms with Gasteiger partial charge in [-0.2, -0.15) is 0 Å². The number of carbonyl (C=O) groups is 1. The molecule has 264 valence electrons. The molecule has 1 fully saturated rings. The van der Waals surface area contributed by atoms with Crippen LogP contribution in [0.3, 0.4) is 0 Å². The molecule has 0 aromatic carbocycles. The van der Waals surface area contributed by atoms with Crippen LogP contribution >= 0.6 is 8.25 Å². The van der Waals surface area contributed by atoms with Crippen molar-refractivity contribution in [1.82, 2.24) is 14.9 Å². The first kappa shape index (κ1) is 39.2.